The molecule has 1 aromatic carbocycles. The predicted molar refractivity (Wildman–Crippen MR) is 88.7 cm³/mol. The molecule has 5 nitrogen and oxygen atoms in total. The first kappa shape index (κ1) is 17.7. The zero-order valence-corrected chi connectivity index (χ0v) is 13.8. The van der Waals surface area contributed by atoms with Gasteiger partial charge in [0, 0.05) is 0 Å². The Labute approximate surface area is 139 Å². The van der Waals surface area contributed by atoms with Crippen molar-refractivity contribution in [1.29, 1.82) is 0 Å². The standard InChI is InChI=1S/C15H20F2N4OS/c1-11(14-12(16)3-2-4-13(14)17)19-20-15(23)18-5-6-21-7-9-22-10-8-21/h2-4H,5-10H2,1H3,(H2,18,20,23)/p+1/b19-11-. The number of rotatable bonds is 5. The van der Waals surface area contributed by atoms with Crippen LogP contribution in [0.4, 0.5) is 8.78 Å². The highest BCUT2D eigenvalue weighted by Gasteiger charge is 2.13. The van der Waals surface area contributed by atoms with Gasteiger partial charge in [-0.2, -0.15) is 5.10 Å². The minimum atomic E-state index is -0.650. The SMILES string of the molecule is C/C(=N/NC(=S)NCC[NH+]1CCOCC1)c1c(F)cccc1F. The fraction of sp³-hybridized carbons (Fsp3) is 0.467. The van der Waals surface area contributed by atoms with Gasteiger partial charge in [-0.05, 0) is 31.3 Å². The summed E-state index contributed by atoms with van der Waals surface area (Å²) in [7, 11) is 0. The van der Waals surface area contributed by atoms with Crippen LogP contribution in [0.1, 0.15) is 12.5 Å². The Balaban J connectivity index is 1.78. The van der Waals surface area contributed by atoms with Crippen LogP contribution < -0.4 is 15.6 Å². The number of morpholine rings is 1. The smallest absolute Gasteiger partial charge is 0.187 e. The third-order valence-corrected chi connectivity index (χ3v) is 3.85. The van der Waals surface area contributed by atoms with E-state index in [2.05, 4.69) is 15.8 Å². The van der Waals surface area contributed by atoms with Crippen molar-refractivity contribution < 1.29 is 18.4 Å². The third-order valence-electron chi connectivity index (χ3n) is 3.61. The normalized spacial score (nSPS) is 16.2. The van der Waals surface area contributed by atoms with Crippen LogP contribution in [-0.2, 0) is 4.74 Å². The van der Waals surface area contributed by atoms with Crippen molar-refractivity contribution >= 4 is 23.0 Å². The molecule has 1 aliphatic rings. The Kier molecular flexibility index (Phi) is 6.82. The molecule has 1 aromatic rings. The van der Waals surface area contributed by atoms with E-state index < -0.39 is 11.6 Å². The summed E-state index contributed by atoms with van der Waals surface area (Å²) in [5.41, 5.74) is 2.66. The number of thiocarbonyl (C=S) groups is 1. The maximum atomic E-state index is 13.6. The number of nitrogens with one attached hydrogen (secondary N) is 3. The number of nitrogens with zero attached hydrogens (tertiary/aromatic N) is 1. The van der Waals surface area contributed by atoms with Crippen LogP contribution in [0.3, 0.4) is 0 Å². The Morgan fingerprint density at radius 2 is 1.96 bits per heavy atom. The molecule has 0 saturated carbocycles. The van der Waals surface area contributed by atoms with E-state index in [1.807, 2.05) is 0 Å². The van der Waals surface area contributed by atoms with Gasteiger partial charge in [0.25, 0.3) is 0 Å². The minimum absolute atomic E-state index is 0.152. The number of halogens is 2. The number of hydrogen-bond donors (Lipinski definition) is 3. The highest BCUT2D eigenvalue weighted by Crippen LogP contribution is 2.12. The zero-order valence-electron chi connectivity index (χ0n) is 13.0. The van der Waals surface area contributed by atoms with Gasteiger partial charge in [0.2, 0.25) is 0 Å². The van der Waals surface area contributed by atoms with Crippen LogP contribution in [-0.4, -0.2) is 50.2 Å². The molecule has 1 fully saturated rings. The van der Waals surface area contributed by atoms with Crippen LogP contribution in [0.15, 0.2) is 23.3 Å². The van der Waals surface area contributed by atoms with Crippen molar-refractivity contribution in [2.24, 2.45) is 5.10 Å². The average Bonchev–Trinajstić information content (AvgIpc) is 2.54. The van der Waals surface area contributed by atoms with Gasteiger partial charge < -0.3 is 15.0 Å². The summed E-state index contributed by atoms with van der Waals surface area (Å²) in [5.74, 6) is -1.30. The third kappa shape index (κ3) is 5.49. The zero-order chi connectivity index (χ0) is 16.7. The lowest BCUT2D eigenvalue weighted by Gasteiger charge is -2.23. The molecule has 23 heavy (non-hydrogen) atoms. The molecule has 0 atom stereocenters. The molecule has 0 spiro atoms. The summed E-state index contributed by atoms with van der Waals surface area (Å²) in [6, 6.07) is 3.70. The Hall–Kier alpha value is -1.64. The van der Waals surface area contributed by atoms with Crippen molar-refractivity contribution in [3.8, 4) is 0 Å². The molecule has 1 heterocycles. The lowest BCUT2D eigenvalue weighted by Crippen LogP contribution is -3.14. The molecule has 0 aliphatic carbocycles. The molecule has 3 N–H and O–H groups in total. The minimum Gasteiger partial charge on any atom is -0.370 e. The molecule has 0 aromatic heterocycles. The fourth-order valence-corrected chi connectivity index (χ4v) is 2.48. The van der Waals surface area contributed by atoms with Crippen molar-refractivity contribution in [3.05, 3.63) is 35.4 Å². The lowest BCUT2D eigenvalue weighted by molar-refractivity contribution is -0.906. The second-order valence-corrected chi connectivity index (χ2v) is 5.68. The first-order valence-electron chi connectivity index (χ1n) is 7.51. The van der Waals surface area contributed by atoms with Gasteiger partial charge in [-0.25, -0.2) is 8.78 Å². The van der Waals surface area contributed by atoms with E-state index in [1.54, 1.807) is 0 Å². The lowest BCUT2D eigenvalue weighted by atomic mass is 10.1. The van der Waals surface area contributed by atoms with Crippen molar-refractivity contribution in [1.82, 2.24) is 10.7 Å². The van der Waals surface area contributed by atoms with E-state index in [0.29, 0.717) is 11.7 Å². The predicted octanol–water partition coefficient (Wildman–Crippen LogP) is 0.0680. The second-order valence-electron chi connectivity index (χ2n) is 5.27. The van der Waals surface area contributed by atoms with E-state index in [9.17, 15) is 8.78 Å². The number of ether oxygens (including phenoxy) is 1. The topological polar surface area (TPSA) is 50.1 Å². The fourth-order valence-electron chi connectivity index (χ4n) is 2.34. The maximum absolute atomic E-state index is 13.6. The summed E-state index contributed by atoms with van der Waals surface area (Å²) in [5, 5.41) is 7.30. The van der Waals surface area contributed by atoms with Gasteiger partial charge in [-0.15, -0.1) is 0 Å². The molecule has 1 aliphatic heterocycles. The number of hydrazone groups is 1. The van der Waals surface area contributed by atoms with Crippen molar-refractivity contribution in [2.75, 3.05) is 39.4 Å². The van der Waals surface area contributed by atoms with Gasteiger partial charge in [-0.3, -0.25) is 5.43 Å². The number of quaternary nitrogens is 1. The first-order valence-corrected chi connectivity index (χ1v) is 7.92. The molecule has 0 bridgehead atoms. The Morgan fingerprint density at radius 1 is 1.30 bits per heavy atom. The van der Waals surface area contributed by atoms with Crippen molar-refractivity contribution in [2.45, 2.75) is 6.92 Å². The molecule has 8 heteroatoms. The van der Waals surface area contributed by atoms with Crippen LogP contribution >= 0.6 is 12.2 Å². The van der Waals surface area contributed by atoms with E-state index in [-0.39, 0.29) is 11.3 Å². The van der Waals surface area contributed by atoms with Crippen LogP contribution in [0.5, 0.6) is 0 Å². The van der Waals surface area contributed by atoms with Crippen LogP contribution in [0, 0.1) is 11.6 Å². The molecular weight excluding hydrogens is 322 g/mol. The van der Waals surface area contributed by atoms with Gasteiger partial charge >= 0.3 is 0 Å². The Morgan fingerprint density at radius 3 is 2.61 bits per heavy atom. The summed E-state index contributed by atoms with van der Waals surface area (Å²) < 4.78 is 32.5. The monoisotopic (exact) mass is 343 g/mol. The highest BCUT2D eigenvalue weighted by atomic mass is 32.1. The van der Waals surface area contributed by atoms with E-state index in [1.165, 1.54) is 30.0 Å². The summed E-state index contributed by atoms with van der Waals surface area (Å²) in [6.07, 6.45) is 0. The molecule has 2 rings (SSSR count). The second kappa shape index (κ2) is 8.85. The average molecular weight is 343 g/mol. The van der Waals surface area contributed by atoms with E-state index in [0.717, 1.165) is 32.8 Å². The molecule has 0 amide bonds. The molecule has 0 radical (unpaired) electrons. The molecule has 126 valence electrons. The van der Waals surface area contributed by atoms with Gasteiger partial charge in [0.15, 0.2) is 5.11 Å². The number of benzene rings is 1. The molecule has 1 saturated heterocycles. The first-order chi connectivity index (χ1) is 11.1. The largest absolute Gasteiger partial charge is 0.370 e. The van der Waals surface area contributed by atoms with Crippen LogP contribution in [0.2, 0.25) is 0 Å². The molecule has 0 unspecified atom stereocenters. The van der Waals surface area contributed by atoms with Crippen LogP contribution in [0.25, 0.3) is 0 Å². The molecular formula is C15H21F2N4OS+. The quantitative estimate of drug-likeness (QED) is 0.402. The van der Waals surface area contributed by atoms with Crippen molar-refractivity contribution in [3.63, 3.8) is 0 Å². The maximum Gasteiger partial charge on any atom is 0.187 e. The van der Waals surface area contributed by atoms with E-state index >= 15 is 0 Å². The van der Waals surface area contributed by atoms with Gasteiger partial charge in [-0.1, -0.05) is 6.07 Å². The van der Waals surface area contributed by atoms with Gasteiger partial charge in [0.05, 0.1) is 37.6 Å². The van der Waals surface area contributed by atoms with E-state index in [4.69, 9.17) is 17.0 Å². The Bertz CT molecular complexity index is 556. The number of hydrogen-bond acceptors (Lipinski definition) is 3. The highest BCUT2D eigenvalue weighted by molar-refractivity contribution is 7.80. The summed E-state index contributed by atoms with van der Waals surface area (Å²) >= 11 is 5.10. The summed E-state index contributed by atoms with van der Waals surface area (Å²) in [4.78, 5) is 1.46. The van der Waals surface area contributed by atoms with Gasteiger partial charge in [0.1, 0.15) is 24.7 Å². The summed E-state index contributed by atoms with van der Waals surface area (Å²) in [6.45, 7) is 6.71.